The van der Waals surface area contributed by atoms with Crippen LogP contribution in [-0.4, -0.2) is 24.4 Å². The van der Waals surface area contributed by atoms with Crippen molar-refractivity contribution in [1.82, 2.24) is 4.90 Å². The lowest BCUT2D eigenvalue weighted by Gasteiger charge is -2.19. The van der Waals surface area contributed by atoms with Crippen molar-refractivity contribution in [2.45, 2.75) is 25.2 Å². The van der Waals surface area contributed by atoms with E-state index in [0.717, 1.165) is 22.3 Å². The molecule has 0 saturated heterocycles. The molecule has 0 unspecified atom stereocenters. The lowest BCUT2D eigenvalue weighted by Crippen LogP contribution is -2.28. The third-order valence-electron chi connectivity index (χ3n) is 2.57. The van der Waals surface area contributed by atoms with Gasteiger partial charge in [0.25, 0.3) is 5.91 Å². The van der Waals surface area contributed by atoms with Gasteiger partial charge in [0.05, 0.1) is 5.56 Å². The molecule has 0 spiro atoms. The molecule has 0 heterocycles. The molecule has 0 fully saturated rings. The first-order chi connectivity index (χ1) is 7.91. The molecule has 1 aromatic rings. The smallest absolute Gasteiger partial charge is 0.254 e. The third-order valence-corrected chi connectivity index (χ3v) is 3.54. The van der Waals surface area contributed by atoms with Gasteiger partial charge >= 0.3 is 0 Å². The first-order valence-electron chi connectivity index (χ1n) is 5.65. The molecule has 2 nitrogen and oxygen atoms in total. The van der Waals surface area contributed by atoms with Crippen LogP contribution < -0.4 is 0 Å². The van der Waals surface area contributed by atoms with Gasteiger partial charge < -0.3 is 4.90 Å². The fourth-order valence-electron chi connectivity index (χ4n) is 1.44. The zero-order valence-corrected chi connectivity index (χ0v) is 12.9. The van der Waals surface area contributed by atoms with E-state index in [4.69, 9.17) is 0 Å². The third kappa shape index (κ3) is 4.36. The lowest BCUT2D eigenvalue weighted by molar-refractivity contribution is 0.0788. The van der Waals surface area contributed by atoms with Crippen molar-refractivity contribution in [1.29, 1.82) is 0 Å². The van der Waals surface area contributed by atoms with Gasteiger partial charge in [-0.25, -0.2) is 0 Å². The molecule has 0 aliphatic rings. The number of carbonyl (C=O) groups is 1. The number of hydrogen-bond donors (Lipinski definition) is 1. The van der Waals surface area contributed by atoms with Gasteiger partial charge in [-0.1, -0.05) is 13.8 Å². The van der Waals surface area contributed by atoms with E-state index in [2.05, 4.69) is 42.4 Å². The normalized spacial score (nSPS) is 10.7. The summed E-state index contributed by atoms with van der Waals surface area (Å²) in [5.74, 6) is 0.637. The van der Waals surface area contributed by atoms with E-state index in [0.29, 0.717) is 11.5 Å². The Balaban J connectivity index is 2.78. The molecule has 0 saturated carbocycles. The predicted octanol–water partition coefficient (Wildman–Crippen LogP) is 3.86. The van der Waals surface area contributed by atoms with Crippen molar-refractivity contribution in [2.75, 3.05) is 13.6 Å². The summed E-state index contributed by atoms with van der Waals surface area (Å²) in [4.78, 5) is 14.7. The maximum Gasteiger partial charge on any atom is 0.254 e. The average molecular weight is 316 g/mol. The van der Waals surface area contributed by atoms with Crippen molar-refractivity contribution < 1.29 is 4.79 Å². The van der Waals surface area contributed by atoms with E-state index >= 15 is 0 Å². The second kappa shape index (κ2) is 6.45. The Hall–Kier alpha value is -0.480. The van der Waals surface area contributed by atoms with E-state index in [-0.39, 0.29) is 5.91 Å². The highest BCUT2D eigenvalue weighted by molar-refractivity contribution is 9.10. The van der Waals surface area contributed by atoms with Crippen LogP contribution in [0.1, 0.15) is 30.6 Å². The average Bonchev–Trinajstić information content (AvgIpc) is 2.28. The van der Waals surface area contributed by atoms with Crippen LogP contribution in [0.4, 0.5) is 0 Å². The van der Waals surface area contributed by atoms with Crippen LogP contribution in [0.15, 0.2) is 27.6 Å². The second-order valence-electron chi connectivity index (χ2n) is 4.57. The molecule has 0 bridgehead atoms. The minimum absolute atomic E-state index is 0.0356. The Labute approximate surface area is 117 Å². The number of thiol groups is 1. The van der Waals surface area contributed by atoms with Crippen LogP contribution in [0, 0.1) is 5.92 Å². The summed E-state index contributed by atoms with van der Waals surface area (Å²) in [5.41, 5.74) is 0.670. The van der Waals surface area contributed by atoms with E-state index < -0.39 is 0 Å². The maximum atomic E-state index is 12.2. The lowest BCUT2D eigenvalue weighted by atomic mass is 10.1. The van der Waals surface area contributed by atoms with Gasteiger partial charge in [-0.05, 0) is 46.5 Å². The molecule has 0 N–H and O–H groups in total. The van der Waals surface area contributed by atoms with E-state index in [1.807, 2.05) is 19.2 Å². The van der Waals surface area contributed by atoms with Crippen molar-refractivity contribution >= 4 is 34.5 Å². The minimum atomic E-state index is 0.0356. The Morgan fingerprint density at radius 1 is 1.47 bits per heavy atom. The maximum absolute atomic E-state index is 12.2. The highest BCUT2D eigenvalue weighted by atomic mass is 79.9. The van der Waals surface area contributed by atoms with Gasteiger partial charge in [0.1, 0.15) is 0 Å². The highest BCUT2D eigenvalue weighted by Crippen LogP contribution is 2.21. The van der Waals surface area contributed by atoms with Gasteiger partial charge in [0.2, 0.25) is 0 Å². The largest absolute Gasteiger partial charge is 0.342 e. The molecule has 1 amide bonds. The molecule has 94 valence electrons. The number of rotatable bonds is 4. The molecule has 0 radical (unpaired) electrons. The van der Waals surface area contributed by atoms with Crippen LogP contribution in [0.2, 0.25) is 0 Å². The van der Waals surface area contributed by atoms with Crippen molar-refractivity contribution in [2.24, 2.45) is 5.92 Å². The quantitative estimate of drug-likeness (QED) is 0.837. The molecule has 0 aliphatic carbocycles. The zero-order chi connectivity index (χ0) is 13.0. The first kappa shape index (κ1) is 14.6. The fourth-order valence-corrected chi connectivity index (χ4v) is 2.06. The zero-order valence-electron chi connectivity index (χ0n) is 10.4. The molecular weight excluding hydrogens is 298 g/mol. The standard InChI is InChI=1S/C13H18BrNOS/c1-9(2)6-7-15(3)13(16)11-8-10(17)4-5-12(11)14/h4-5,8-9,17H,6-7H2,1-3H3. The van der Waals surface area contributed by atoms with Gasteiger partial charge in [0, 0.05) is 23.0 Å². The Morgan fingerprint density at radius 2 is 2.12 bits per heavy atom. The summed E-state index contributed by atoms with van der Waals surface area (Å²) in [6, 6.07) is 5.51. The Bertz CT molecular complexity index is 406. The topological polar surface area (TPSA) is 20.3 Å². The molecule has 0 aliphatic heterocycles. The predicted molar refractivity (Wildman–Crippen MR) is 77.8 cm³/mol. The Kier molecular flexibility index (Phi) is 5.53. The summed E-state index contributed by atoms with van der Waals surface area (Å²) < 4.78 is 0.816. The summed E-state index contributed by atoms with van der Waals surface area (Å²) in [7, 11) is 1.84. The molecule has 0 atom stereocenters. The van der Waals surface area contributed by atoms with Crippen molar-refractivity contribution in [3.05, 3.63) is 28.2 Å². The minimum Gasteiger partial charge on any atom is -0.342 e. The molecule has 0 aromatic heterocycles. The summed E-state index contributed by atoms with van der Waals surface area (Å²) in [6.45, 7) is 5.09. The molecule has 1 rings (SSSR count). The molecule has 17 heavy (non-hydrogen) atoms. The van der Waals surface area contributed by atoms with Gasteiger partial charge in [-0.2, -0.15) is 0 Å². The summed E-state index contributed by atoms with van der Waals surface area (Å²) in [6.07, 6.45) is 1.01. The van der Waals surface area contributed by atoms with Gasteiger partial charge in [-0.3, -0.25) is 4.79 Å². The number of carbonyl (C=O) groups excluding carboxylic acids is 1. The fraction of sp³-hybridized carbons (Fsp3) is 0.462. The van der Waals surface area contributed by atoms with E-state index in [1.165, 1.54) is 0 Å². The SMILES string of the molecule is CC(C)CCN(C)C(=O)c1cc(S)ccc1Br. The van der Waals surface area contributed by atoms with Crippen LogP contribution >= 0.6 is 28.6 Å². The monoisotopic (exact) mass is 315 g/mol. The molecule has 1 aromatic carbocycles. The van der Waals surface area contributed by atoms with Crippen LogP contribution in [0.25, 0.3) is 0 Å². The first-order valence-corrected chi connectivity index (χ1v) is 6.89. The molecule has 4 heteroatoms. The van der Waals surface area contributed by atoms with E-state index in [1.54, 1.807) is 11.0 Å². The number of halogens is 1. The van der Waals surface area contributed by atoms with Gasteiger partial charge in [0.15, 0.2) is 0 Å². The van der Waals surface area contributed by atoms with Crippen molar-refractivity contribution in [3.8, 4) is 0 Å². The number of nitrogens with zero attached hydrogens (tertiary/aromatic N) is 1. The van der Waals surface area contributed by atoms with Crippen molar-refractivity contribution in [3.63, 3.8) is 0 Å². The Morgan fingerprint density at radius 3 is 2.71 bits per heavy atom. The number of benzene rings is 1. The second-order valence-corrected chi connectivity index (χ2v) is 5.94. The summed E-state index contributed by atoms with van der Waals surface area (Å²) in [5, 5.41) is 0. The van der Waals surface area contributed by atoms with Crippen LogP contribution in [0.5, 0.6) is 0 Å². The molecular formula is C13H18BrNOS. The number of amides is 1. The van der Waals surface area contributed by atoms with Gasteiger partial charge in [-0.15, -0.1) is 12.6 Å². The van der Waals surface area contributed by atoms with Crippen LogP contribution in [0.3, 0.4) is 0 Å². The van der Waals surface area contributed by atoms with Crippen LogP contribution in [-0.2, 0) is 0 Å². The van der Waals surface area contributed by atoms with E-state index in [9.17, 15) is 4.79 Å². The highest BCUT2D eigenvalue weighted by Gasteiger charge is 2.15. The summed E-state index contributed by atoms with van der Waals surface area (Å²) >= 11 is 7.66. The number of hydrogen-bond acceptors (Lipinski definition) is 2.